The lowest BCUT2D eigenvalue weighted by Gasteiger charge is -2.49. The second-order valence-electron chi connectivity index (χ2n) is 8.04. The molecule has 0 aromatic carbocycles. The fourth-order valence-electron chi connectivity index (χ4n) is 3.77. The van der Waals surface area contributed by atoms with Gasteiger partial charge in [-0.2, -0.15) is 4.57 Å². The lowest BCUT2D eigenvalue weighted by Crippen LogP contribution is -2.70. The molecule has 2 aliphatic heterocycles. The Labute approximate surface area is 240 Å². The zero-order valence-corrected chi connectivity index (χ0v) is 23.5. The number of carboxylic acid groups (broad SMARTS) is 1. The molecule has 0 bridgehead atoms. The van der Waals surface area contributed by atoms with Crippen molar-refractivity contribution in [1.82, 2.24) is 15.2 Å². The molecular formula is C22H19Cl3N5O4S3+. The number of β-lactam (4-membered cyclic amide) rings is 1. The number of pyridine rings is 2. The number of hydrogen-bond acceptors (Lipinski definition) is 7. The van der Waals surface area contributed by atoms with Crippen molar-refractivity contribution in [2.75, 3.05) is 11.5 Å². The van der Waals surface area contributed by atoms with E-state index in [1.54, 1.807) is 17.0 Å². The number of hydrogen-bond donors (Lipinski definition) is 3. The summed E-state index contributed by atoms with van der Waals surface area (Å²) in [5.41, 5.74) is 6.26. The van der Waals surface area contributed by atoms with Crippen LogP contribution in [0.3, 0.4) is 0 Å². The smallest absolute Gasteiger partial charge is 0.352 e. The van der Waals surface area contributed by atoms with Crippen molar-refractivity contribution in [2.45, 2.75) is 29.3 Å². The molecule has 0 unspecified atom stereocenters. The molecule has 0 saturated carbocycles. The summed E-state index contributed by atoms with van der Waals surface area (Å²) in [6, 6.07) is 4.44. The fraction of sp³-hybridized carbons (Fsp3) is 0.273. The first-order valence-electron chi connectivity index (χ1n) is 10.6. The van der Waals surface area contributed by atoms with E-state index in [1.165, 1.54) is 34.5 Å². The summed E-state index contributed by atoms with van der Waals surface area (Å²) in [7, 11) is 0. The first-order chi connectivity index (χ1) is 17.5. The zero-order chi connectivity index (χ0) is 26.9. The quantitative estimate of drug-likeness (QED) is 0.128. The number of nitrogens with one attached hydrogen (secondary N) is 1. The lowest BCUT2D eigenvalue weighted by atomic mass is 10.0. The van der Waals surface area contributed by atoms with Gasteiger partial charge in [-0.25, -0.2) is 9.78 Å². The predicted octanol–water partition coefficient (Wildman–Crippen LogP) is 2.69. The van der Waals surface area contributed by atoms with Crippen LogP contribution < -0.4 is 15.6 Å². The van der Waals surface area contributed by atoms with E-state index in [9.17, 15) is 19.5 Å². The number of nitrogens with zero attached hydrogens (tertiary/aromatic N) is 3. The molecule has 9 nitrogen and oxygen atoms in total. The molecule has 4 heterocycles. The van der Waals surface area contributed by atoms with E-state index in [1.807, 2.05) is 12.1 Å². The van der Waals surface area contributed by atoms with Gasteiger partial charge in [0.2, 0.25) is 6.54 Å². The molecule has 4 rings (SSSR count). The van der Waals surface area contributed by atoms with E-state index < -0.39 is 23.3 Å². The van der Waals surface area contributed by atoms with Crippen molar-refractivity contribution in [3.8, 4) is 0 Å². The second kappa shape index (κ2) is 11.7. The first kappa shape index (κ1) is 27.9. The van der Waals surface area contributed by atoms with Crippen LogP contribution in [0.2, 0.25) is 15.2 Å². The molecule has 2 aromatic heterocycles. The number of carbonyl (C=O) groups excluding carboxylic acids is 2. The van der Waals surface area contributed by atoms with Crippen LogP contribution in [-0.4, -0.2) is 60.7 Å². The molecule has 1 saturated heterocycles. The third-order valence-electron chi connectivity index (χ3n) is 5.47. The maximum atomic E-state index is 13.0. The van der Waals surface area contributed by atoms with Gasteiger partial charge in [0.15, 0.2) is 12.4 Å². The second-order valence-corrected chi connectivity index (χ2v) is 11.9. The van der Waals surface area contributed by atoms with Crippen molar-refractivity contribution in [1.29, 1.82) is 0 Å². The number of thiocarbonyl (C=S) groups is 1. The Kier molecular flexibility index (Phi) is 8.87. The number of rotatable bonds is 9. The first-order valence-corrected chi connectivity index (χ1v) is 14.2. The van der Waals surface area contributed by atoms with Crippen molar-refractivity contribution in [2.24, 2.45) is 5.73 Å². The van der Waals surface area contributed by atoms with Crippen LogP contribution in [0.25, 0.3) is 0 Å². The van der Waals surface area contributed by atoms with Gasteiger partial charge >= 0.3 is 5.97 Å². The molecule has 0 spiro atoms. The van der Waals surface area contributed by atoms with Crippen molar-refractivity contribution in [3.63, 3.8) is 0 Å². The summed E-state index contributed by atoms with van der Waals surface area (Å²) in [5, 5.41) is 13.1. The fourth-order valence-corrected chi connectivity index (χ4v) is 6.98. The van der Waals surface area contributed by atoms with E-state index in [0.29, 0.717) is 32.8 Å². The van der Waals surface area contributed by atoms with Gasteiger partial charge in [0, 0.05) is 35.0 Å². The molecule has 37 heavy (non-hydrogen) atoms. The Balaban J connectivity index is 1.41. The van der Waals surface area contributed by atoms with Crippen LogP contribution in [0.4, 0.5) is 0 Å². The van der Waals surface area contributed by atoms with Gasteiger partial charge in [-0.05, 0) is 11.6 Å². The molecule has 2 aliphatic rings. The minimum atomic E-state index is -1.16. The largest absolute Gasteiger partial charge is 0.477 e. The highest BCUT2D eigenvalue weighted by Crippen LogP contribution is 2.41. The third kappa shape index (κ3) is 6.32. The monoisotopic (exact) mass is 618 g/mol. The van der Waals surface area contributed by atoms with Gasteiger partial charge in [0.25, 0.3) is 11.8 Å². The number of aliphatic carboxylic acids is 1. The van der Waals surface area contributed by atoms with Crippen LogP contribution in [0.5, 0.6) is 0 Å². The number of fused-ring (bicyclic) bond motifs is 1. The van der Waals surface area contributed by atoms with Crippen LogP contribution in [-0.2, 0) is 27.3 Å². The van der Waals surface area contributed by atoms with Crippen LogP contribution >= 0.6 is 70.5 Å². The predicted molar refractivity (Wildman–Crippen MR) is 147 cm³/mol. The Morgan fingerprint density at radius 2 is 2.00 bits per heavy atom. The number of nitrogens with two attached hydrogens (primary N) is 1. The Hall–Kier alpha value is -2.09. The maximum Gasteiger partial charge on any atom is 0.352 e. The standard InChI is InChI=1S/C22H18Cl3N5O4S3/c23-12-5-13(24)19(25)27-14(12)6-16(35)28-17-20(32)30-18(22(33)34)10(9-37-21(17)30)8-36-11-1-3-29(4-2-11)7-15(26)31/h1-5,17,21H,6-9H2,(H3-,26,28,31,33,34,35)/p+1/t17-,21-/m1/s1. The van der Waals surface area contributed by atoms with Crippen molar-refractivity contribution >= 4 is 93.3 Å². The molecule has 0 aliphatic carbocycles. The van der Waals surface area contributed by atoms with Gasteiger partial charge in [0.05, 0.1) is 20.7 Å². The minimum Gasteiger partial charge on any atom is -0.477 e. The number of aromatic nitrogens is 2. The molecule has 194 valence electrons. The summed E-state index contributed by atoms with van der Waals surface area (Å²) >= 11 is 26.4. The maximum absolute atomic E-state index is 13.0. The normalized spacial score (nSPS) is 18.8. The van der Waals surface area contributed by atoms with E-state index in [4.69, 9.17) is 52.8 Å². The summed E-state index contributed by atoms with van der Waals surface area (Å²) < 4.78 is 1.65. The number of amides is 2. The highest BCUT2D eigenvalue weighted by molar-refractivity contribution is 8.01. The molecule has 2 amide bonds. The van der Waals surface area contributed by atoms with Crippen LogP contribution in [0.1, 0.15) is 5.69 Å². The number of carbonyl (C=O) groups is 3. The number of thioether (sulfide) groups is 2. The Morgan fingerprint density at radius 3 is 2.65 bits per heavy atom. The van der Waals surface area contributed by atoms with E-state index in [2.05, 4.69) is 10.3 Å². The lowest BCUT2D eigenvalue weighted by molar-refractivity contribution is -0.684. The molecule has 2 aromatic rings. The molecule has 2 atom stereocenters. The van der Waals surface area contributed by atoms with E-state index in [-0.39, 0.29) is 34.7 Å². The number of primary amides is 1. The molecule has 0 radical (unpaired) electrons. The van der Waals surface area contributed by atoms with Crippen LogP contribution in [0, 0.1) is 0 Å². The average molecular weight is 620 g/mol. The van der Waals surface area contributed by atoms with Crippen LogP contribution in [0.15, 0.2) is 46.8 Å². The average Bonchev–Trinajstić information content (AvgIpc) is 2.84. The topological polar surface area (TPSA) is 130 Å². The SMILES string of the molecule is NC(=O)C[n+]1ccc(SCC2=C(C(=O)O)N3C(=O)[C@@H](NC(=S)Cc4nc(Cl)c(Cl)cc4Cl)[C@H]3SC2)cc1. The Bertz CT molecular complexity index is 1330. The van der Waals surface area contributed by atoms with Gasteiger partial charge in [-0.1, -0.05) is 47.0 Å². The van der Waals surface area contributed by atoms with E-state index >= 15 is 0 Å². The minimum absolute atomic E-state index is 0.000800. The molecule has 1 fully saturated rings. The van der Waals surface area contributed by atoms with Gasteiger partial charge in [-0.15, -0.1) is 23.5 Å². The highest BCUT2D eigenvalue weighted by Gasteiger charge is 2.53. The van der Waals surface area contributed by atoms with Gasteiger partial charge in [0.1, 0.15) is 22.3 Å². The molecule has 15 heteroatoms. The summed E-state index contributed by atoms with van der Waals surface area (Å²) in [4.78, 5) is 42.8. The third-order valence-corrected chi connectivity index (χ3v) is 9.17. The highest BCUT2D eigenvalue weighted by atomic mass is 35.5. The van der Waals surface area contributed by atoms with Crippen molar-refractivity contribution in [3.05, 3.63) is 62.8 Å². The Morgan fingerprint density at radius 1 is 1.30 bits per heavy atom. The van der Waals surface area contributed by atoms with Crippen molar-refractivity contribution < 1.29 is 24.1 Å². The molecular weight excluding hydrogens is 601 g/mol. The summed E-state index contributed by atoms with van der Waals surface area (Å²) in [5.74, 6) is -1.14. The van der Waals surface area contributed by atoms with Gasteiger partial charge < -0.3 is 16.2 Å². The summed E-state index contributed by atoms with van der Waals surface area (Å²) in [6.45, 7) is 0.0734. The van der Waals surface area contributed by atoms with Gasteiger partial charge in [-0.3, -0.25) is 14.5 Å². The number of halogens is 3. The molecule has 4 N–H and O–H groups in total. The van der Waals surface area contributed by atoms with E-state index in [0.717, 1.165) is 4.90 Å². The summed E-state index contributed by atoms with van der Waals surface area (Å²) in [6.07, 6.45) is 3.60. The number of carboxylic acids is 1. The zero-order valence-electron chi connectivity index (χ0n) is 18.8.